The lowest BCUT2D eigenvalue weighted by atomic mass is 10.0. The molecule has 0 spiro atoms. The SMILES string of the molecule is COc1ccc(C)cc1Nc1cc(C(=O)N2CCCc3ccccc32)nc(C)n1. The van der Waals surface area contributed by atoms with Crippen molar-refractivity contribution >= 4 is 23.1 Å². The number of rotatable bonds is 4. The number of hydrogen-bond acceptors (Lipinski definition) is 5. The number of aromatic nitrogens is 2. The molecule has 1 aliphatic rings. The van der Waals surface area contributed by atoms with Crippen LogP contribution in [0.25, 0.3) is 0 Å². The molecule has 1 aromatic heterocycles. The normalized spacial score (nSPS) is 13.0. The summed E-state index contributed by atoms with van der Waals surface area (Å²) in [4.78, 5) is 24.0. The molecular formula is C23H24N4O2. The maximum Gasteiger partial charge on any atom is 0.277 e. The van der Waals surface area contributed by atoms with Gasteiger partial charge < -0.3 is 15.0 Å². The van der Waals surface area contributed by atoms with E-state index in [0.717, 1.165) is 29.8 Å². The zero-order valence-corrected chi connectivity index (χ0v) is 16.9. The number of methoxy groups -OCH3 is 1. The molecule has 6 nitrogen and oxygen atoms in total. The molecule has 2 heterocycles. The number of ether oxygens (including phenoxy) is 1. The maximum absolute atomic E-state index is 13.3. The number of amides is 1. The van der Waals surface area contributed by atoms with Crippen LogP contribution in [0.3, 0.4) is 0 Å². The molecule has 0 saturated heterocycles. The van der Waals surface area contributed by atoms with Crippen molar-refractivity contribution in [2.24, 2.45) is 0 Å². The Morgan fingerprint density at radius 1 is 1.10 bits per heavy atom. The number of nitrogens with one attached hydrogen (secondary N) is 1. The molecule has 1 amide bonds. The number of anilines is 3. The van der Waals surface area contributed by atoms with E-state index in [1.807, 2.05) is 48.2 Å². The third kappa shape index (κ3) is 3.92. The average molecular weight is 388 g/mol. The highest BCUT2D eigenvalue weighted by Crippen LogP contribution is 2.30. The van der Waals surface area contributed by atoms with Gasteiger partial charge in [0.05, 0.1) is 12.8 Å². The van der Waals surface area contributed by atoms with Crippen LogP contribution in [-0.2, 0) is 6.42 Å². The average Bonchev–Trinajstić information content (AvgIpc) is 2.72. The molecule has 0 unspecified atom stereocenters. The van der Waals surface area contributed by atoms with Gasteiger partial charge in [-0.2, -0.15) is 0 Å². The Hall–Kier alpha value is -3.41. The molecule has 0 aliphatic carbocycles. The monoisotopic (exact) mass is 388 g/mol. The number of carbonyl (C=O) groups is 1. The molecule has 1 N–H and O–H groups in total. The van der Waals surface area contributed by atoms with E-state index in [1.54, 1.807) is 20.1 Å². The zero-order valence-electron chi connectivity index (χ0n) is 16.9. The van der Waals surface area contributed by atoms with Crippen LogP contribution in [0.5, 0.6) is 5.75 Å². The van der Waals surface area contributed by atoms with E-state index in [4.69, 9.17) is 4.74 Å². The van der Waals surface area contributed by atoms with Gasteiger partial charge in [-0.1, -0.05) is 24.3 Å². The minimum Gasteiger partial charge on any atom is -0.495 e. The number of hydrogen-bond donors (Lipinski definition) is 1. The van der Waals surface area contributed by atoms with E-state index in [-0.39, 0.29) is 5.91 Å². The fraction of sp³-hybridized carbons (Fsp3) is 0.261. The summed E-state index contributed by atoms with van der Waals surface area (Å²) >= 11 is 0. The second-order valence-corrected chi connectivity index (χ2v) is 7.20. The lowest BCUT2D eigenvalue weighted by Gasteiger charge is -2.29. The van der Waals surface area contributed by atoms with Crippen LogP contribution in [0.1, 0.15) is 33.9 Å². The lowest BCUT2D eigenvalue weighted by Crippen LogP contribution is -2.36. The first-order valence-electron chi connectivity index (χ1n) is 9.72. The first kappa shape index (κ1) is 18.9. The molecule has 2 aromatic carbocycles. The van der Waals surface area contributed by atoms with Gasteiger partial charge in [0.15, 0.2) is 0 Å². The number of carbonyl (C=O) groups excluding carboxylic acids is 1. The van der Waals surface area contributed by atoms with Crippen LogP contribution in [0.4, 0.5) is 17.2 Å². The summed E-state index contributed by atoms with van der Waals surface area (Å²) in [5, 5.41) is 3.28. The molecule has 0 saturated carbocycles. The quantitative estimate of drug-likeness (QED) is 0.716. The molecule has 29 heavy (non-hydrogen) atoms. The third-order valence-corrected chi connectivity index (χ3v) is 5.03. The van der Waals surface area contributed by atoms with Crippen molar-refractivity contribution in [2.75, 3.05) is 23.9 Å². The molecule has 0 bridgehead atoms. The first-order chi connectivity index (χ1) is 14.0. The van der Waals surface area contributed by atoms with Crippen molar-refractivity contribution in [1.29, 1.82) is 0 Å². The Labute approximate surface area is 170 Å². The largest absolute Gasteiger partial charge is 0.495 e. The van der Waals surface area contributed by atoms with E-state index < -0.39 is 0 Å². The van der Waals surface area contributed by atoms with Crippen LogP contribution in [-0.4, -0.2) is 29.5 Å². The predicted octanol–water partition coefficient (Wildman–Crippen LogP) is 4.44. The van der Waals surface area contributed by atoms with Crippen molar-refractivity contribution in [3.63, 3.8) is 0 Å². The van der Waals surface area contributed by atoms with E-state index in [1.165, 1.54) is 5.56 Å². The van der Waals surface area contributed by atoms with Crippen LogP contribution in [0.15, 0.2) is 48.5 Å². The summed E-state index contributed by atoms with van der Waals surface area (Å²) in [6.45, 7) is 4.49. The summed E-state index contributed by atoms with van der Waals surface area (Å²) < 4.78 is 5.43. The van der Waals surface area contributed by atoms with Gasteiger partial charge in [-0.05, 0) is 56.0 Å². The Bertz CT molecular complexity index is 1060. The molecule has 3 aromatic rings. The standard InChI is InChI=1S/C23H24N4O2/c1-15-10-11-21(29-3)18(13-15)26-22-14-19(24-16(2)25-22)23(28)27-12-6-8-17-7-4-5-9-20(17)27/h4-5,7,9-11,13-14H,6,8,12H2,1-3H3,(H,24,25,26). The highest BCUT2D eigenvalue weighted by molar-refractivity contribution is 6.05. The van der Waals surface area contributed by atoms with Crippen molar-refractivity contribution in [3.05, 3.63) is 71.2 Å². The molecule has 1 aliphatic heterocycles. The maximum atomic E-state index is 13.3. The van der Waals surface area contributed by atoms with Crippen molar-refractivity contribution < 1.29 is 9.53 Å². The first-order valence-corrected chi connectivity index (χ1v) is 9.72. The molecule has 148 valence electrons. The predicted molar refractivity (Wildman–Crippen MR) is 114 cm³/mol. The van der Waals surface area contributed by atoms with Gasteiger partial charge in [0, 0.05) is 18.3 Å². The van der Waals surface area contributed by atoms with Crippen molar-refractivity contribution in [2.45, 2.75) is 26.7 Å². The smallest absolute Gasteiger partial charge is 0.277 e. The van der Waals surface area contributed by atoms with E-state index in [0.29, 0.717) is 29.6 Å². The van der Waals surface area contributed by atoms with Crippen LogP contribution in [0.2, 0.25) is 0 Å². The summed E-state index contributed by atoms with van der Waals surface area (Å²) in [6, 6.07) is 15.6. The molecule has 0 atom stereocenters. The number of para-hydroxylation sites is 1. The van der Waals surface area contributed by atoms with Crippen LogP contribution < -0.4 is 15.0 Å². The number of fused-ring (bicyclic) bond motifs is 1. The minimum absolute atomic E-state index is 0.109. The second kappa shape index (κ2) is 7.91. The second-order valence-electron chi connectivity index (χ2n) is 7.20. The number of nitrogens with zero attached hydrogens (tertiary/aromatic N) is 3. The van der Waals surface area contributed by atoms with Gasteiger partial charge in [-0.25, -0.2) is 9.97 Å². The van der Waals surface area contributed by atoms with Gasteiger partial charge in [0.1, 0.15) is 23.1 Å². The van der Waals surface area contributed by atoms with Crippen molar-refractivity contribution in [3.8, 4) is 5.75 Å². The molecule has 6 heteroatoms. The number of benzene rings is 2. The highest BCUT2D eigenvalue weighted by atomic mass is 16.5. The lowest BCUT2D eigenvalue weighted by molar-refractivity contribution is 0.0980. The minimum atomic E-state index is -0.109. The highest BCUT2D eigenvalue weighted by Gasteiger charge is 2.25. The Morgan fingerprint density at radius 3 is 2.76 bits per heavy atom. The zero-order chi connectivity index (χ0) is 20.4. The van der Waals surface area contributed by atoms with E-state index in [2.05, 4.69) is 21.4 Å². The number of aryl methyl sites for hydroxylation is 3. The summed E-state index contributed by atoms with van der Waals surface area (Å²) in [5.74, 6) is 1.71. The Morgan fingerprint density at radius 2 is 1.93 bits per heavy atom. The van der Waals surface area contributed by atoms with E-state index >= 15 is 0 Å². The van der Waals surface area contributed by atoms with Crippen LogP contribution >= 0.6 is 0 Å². The summed E-state index contributed by atoms with van der Waals surface area (Å²) in [5.41, 5.74) is 4.44. The van der Waals surface area contributed by atoms with Gasteiger partial charge in [-0.15, -0.1) is 0 Å². The fourth-order valence-electron chi connectivity index (χ4n) is 3.68. The molecule has 0 fully saturated rings. The topological polar surface area (TPSA) is 67.3 Å². The van der Waals surface area contributed by atoms with Crippen LogP contribution in [0, 0.1) is 13.8 Å². The van der Waals surface area contributed by atoms with Gasteiger partial charge in [0.2, 0.25) is 0 Å². The van der Waals surface area contributed by atoms with Gasteiger partial charge in [0.25, 0.3) is 5.91 Å². The fourth-order valence-corrected chi connectivity index (χ4v) is 3.68. The Kier molecular flexibility index (Phi) is 5.16. The van der Waals surface area contributed by atoms with Crippen molar-refractivity contribution in [1.82, 2.24) is 9.97 Å². The third-order valence-electron chi connectivity index (χ3n) is 5.03. The Balaban J connectivity index is 1.66. The molecular weight excluding hydrogens is 364 g/mol. The summed E-state index contributed by atoms with van der Waals surface area (Å²) in [6.07, 6.45) is 1.93. The molecule has 0 radical (unpaired) electrons. The van der Waals surface area contributed by atoms with Gasteiger partial charge in [-0.3, -0.25) is 4.79 Å². The van der Waals surface area contributed by atoms with Gasteiger partial charge >= 0.3 is 0 Å². The summed E-state index contributed by atoms with van der Waals surface area (Å²) in [7, 11) is 1.63. The van der Waals surface area contributed by atoms with E-state index in [9.17, 15) is 4.79 Å². The molecule has 4 rings (SSSR count).